The van der Waals surface area contributed by atoms with Gasteiger partial charge in [0.1, 0.15) is 6.33 Å². The van der Waals surface area contributed by atoms with Gasteiger partial charge in [-0.3, -0.25) is 14.8 Å². The van der Waals surface area contributed by atoms with E-state index in [9.17, 15) is 4.79 Å². The maximum absolute atomic E-state index is 12.1. The van der Waals surface area contributed by atoms with Gasteiger partial charge in [-0.25, -0.2) is 9.97 Å². The molecule has 1 N–H and O–H groups in total. The molecule has 7 heteroatoms. The molecular weight excluding hydrogens is 310 g/mol. The van der Waals surface area contributed by atoms with Crippen LogP contribution in [0.15, 0.2) is 54.2 Å². The zero-order valence-electron chi connectivity index (χ0n) is 12.3. The highest BCUT2D eigenvalue weighted by molar-refractivity contribution is 7.71. The quantitative estimate of drug-likeness (QED) is 0.725. The van der Waals surface area contributed by atoms with Crippen molar-refractivity contribution in [2.24, 2.45) is 0 Å². The topological polar surface area (TPSA) is 76.5 Å². The molecule has 0 aromatic carbocycles. The summed E-state index contributed by atoms with van der Waals surface area (Å²) in [7, 11) is 0. The number of pyridine rings is 1. The summed E-state index contributed by atoms with van der Waals surface area (Å²) in [4.78, 5) is 26.9. The second kappa shape index (κ2) is 7.06. The number of H-pyrrole nitrogens is 1. The van der Waals surface area contributed by atoms with E-state index >= 15 is 0 Å². The summed E-state index contributed by atoms with van der Waals surface area (Å²) >= 11 is 5.25. The fourth-order valence-electron chi connectivity index (χ4n) is 2.28. The molecule has 0 aliphatic heterocycles. The van der Waals surface area contributed by atoms with E-state index in [1.807, 2.05) is 29.1 Å². The number of aromatic amines is 1. The SMILES string of the molecule is O=c1[nH]c(=S)n(CCc2cccnc2)cc1Cc1cncnc1. The van der Waals surface area contributed by atoms with Crippen molar-refractivity contribution in [3.63, 3.8) is 0 Å². The lowest BCUT2D eigenvalue weighted by atomic mass is 10.1. The van der Waals surface area contributed by atoms with E-state index in [-0.39, 0.29) is 5.56 Å². The van der Waals surface area contributed by atoms with Crippen LogP contribution in [0.4, 0.5) is 0 Å². The third kappa shape index (κ3) is 3.95. The van der Waals surface area contributed by atoms with Crippen LogP contribution >= 0.6 is 12.2 Å². The van der Waals surface area contributed by atoms with Gasteiger partial charge < -0.3 is 4.57 Å². The minimum Gasteiger partial charge on any atom is -0.325 e. The number of rotatable bonds is 5. The first kappa shape index (κ1) is 15.2. The fraction of sp³-hybridized carbons (Fsp3) is 0.188. The summed E-state index contributed by atoms with van der Waals surface area (Å²) in [6.07, 6.45) is 11.5. The van der Waals surface area contributed by atoms with E-state index in [1.54, 1.807) is 18.6 Å². The first-order chi connectivity index (χ1) is 11.2. The zero-order chi connectivity index (χ0) is 16.1. The normalized spacial score (nSPS) is 10.6. The lowest BCUT2D eigenvalue weighted by molar-refractivity contribution is 0.654. The van der Waals surface area contributed by atoms with Gasteiger partial charge in [0.2, 0.25) is 0 Å². The molecule has 0 bridgehead atoms. The van der Waals surface area contributed by atoms with Crippen LogP contribution in [0.1, 0.15) is 16.7 Å². The zero-order valence-corrected chi connectivity index (χ0v) is 13.2. The molecule has 0 amide bonds. The first-order valence-corrected chi connectivity index (χ1v) is 7.58. The van der Waals surface area contributed by atoms with E-state index in [2.05, 4.69) is 19.9 Å². The molecule has 3 aromatic rings. The molecule has 0 radical (unpaired) electrons. The molecule has 0 unspecified atom stereocenters. The fourth-order valence-corrected chi connectivity index (χ4v) is 2.52. The Morgan fingerprint density at radius 1 is 1.13 bits per heavy atom. The van der Waals surface area contributed by atoms with Gasteiger partial charge in [0.05, 0.1) is 0 Å². The summed E-state index contributed by atoms with van der Waals surface area (Å²) in [5, 5.41) is 0. The molecule has 0 fully saturated rings. The standard InChI is InChI=1S/C16H15N5OS/c22-15-14(6-13-8-18-11-19-9-13)10-21(16(23)20-15)5-3-12-2-1-4-17-7-12/h1-2,4,7-11H,3,5-6H2,(H,20,22,23). The summed E-state index contributed by atoms with van der Waals surface area (Å²) in [5.74, 6) is 0. The van der Waals surface area contributed by atoms with Crippen molar-refractivity contribution >= 4 is 12.2 Å². The lowest BCUT2D eigenvalue weighted by Crippen LogP contribution is -2.19. The Labute approximate surface area is 137 Å². The van der Waals surface area contributed by atoms with Crippen LogP contribution in [-0.2, 0) is 19.4 Å². The minimum absolute atomic E-state index is 0.170. The van der Waals surface area contributed by atoms with Crippen molar-refractivity contribution in [3.8, 4) is 0 Å². The molecule has 116 valence electrons. The number of aromatic nitrogens is 5. The van der Waals surface area contributed by atoms with E-state index in [0.29, 0.717) is 23.3 Å². The number of hydrogen-bond donors (Lipinski definition) is 1. The molecule has 0 spiro atoms. The predicted molar refractivity (Wildman–Crippen MR) is 88.7 cm³/mol. The smallest absolute Gasteiger partial charge is 0.255 e. The van der Waals surface area contributed by atoms with Crippen molar-refractivity contribution < 1.29 is 0 Å². The van der Waals surface area contributed by atoms with Crippen LogP contribution in [0.2, 0.25) is 0 Å². The maximum atomic E-state index is 12.1. The third-order valence-electron chi connectivity index (χ3n) is 3.46. The minimum atomic E-state index is -0.170. The van der Waals surface area contributed by atoms with E-state index in [1.165, 1.54) is 6.33 Å². The molecule has 3 rings (SSSR count). The van der Waals surface area contributed by atoms with Crippen molar-refractivity contribution in [3.05, 3.63) is 81.3 Å². The van der Waals surface area contributed by atoms with Gasteiger partial charge in [0.25, 0.3) is 5.56 Å². The summed E-state index contributed by atoms with van der Waals surface area (Å²) in [5.41, 5.74) is 2.48. The van der Waals surface area contributed by atoms with Gasteiger partial charge in [0, 0.05) is 49.5 Å². The largest absolute Gasteiger partial charge is 0.325 e. The Kier molecular flexibility index (Phi) is 4.68. The van der Waals surface area contributed by atoms with Crippen molar-refractivity contribution in [2.45, 2.75) is 19.4 Å². The molecule has 0 aliphatic carbocycles. The molecule has 6 nitrogen and oxygen atoms in total. The van der Waals surface area contributed by atoms with Gasteiger partial charge >= 0.3 is 0 Å². The highest BCUT2D eigenvalue weighted by Gasteiger charge is 2.05. The van der Waals surface area contributed by atoms with Crippen LogP contribution in [0, 0.1) is 4.77 Å². The highest BCUT2D eigenvalue weighted by atomic mass is 32.1. The monoisotopic (exact) mass is 325 g/mol. The highest BCUT2D eigenvalue weighted by Crippen LogP contribution is 2.05. The molecular formula is C16H15N5OS. The first-order valence-electron chi connectivity index (χ1n) is 7.18. The van der Waals surface area contributed by atoms with Crippen LogP contribution in [0.5, 0.6) is 0 Å². The van der Waals surface area contributed by atoms with Crippen molar-refractivity contribution in [1.82, 2.24) is 24.5 Å². The van der Waals surface area contributed by atoms with Gasteiger partial charge in [0.15, 0.2) is 4.77 Å². The average molecular weight is 325 g/mol. The van der Waals surface area contributed by atoms with Crippen molar-refractivity contribution in [1.29, 1.82) is 0 Å². The molecule has 3 aromatic heterocycles. The lowest BCUT2D eigenvalue weighted by Gasteiger charge is -2.09. The second-order valence-corrected chi connectivity index (χ2v) is 5.53. The molecule has 23 heavy (non-hydrogen) atoms. The maximum Gasteiger partial charge on any atom is 0.255 e. The molecule has 0 saturated heterocycles. The summed E-state index contributed by atoms with van der Waals surface area (Å²) < 4.78 is 2.30. The average Bonchev–Trinajstić information content (AvgIpc) is 2.58. The summed E-state index contributed by atoms with van der Waals surface area (Å²) in [6.45, 7) is 0.680. The van der Waals surface area contributed by atoms with E-state index in [4.69, 9.17) is 12.2 Å². The molecule has 0 saturated carbocycles. The Morgan fingerprint density at radius 2 is 1.91 bits per heavy atom. The van der Waals surface area contributed by atoms with E-state index in [0.717, 1.165) is 17.5 Å². The number of aryl methyl sites for hydroxylation is 2. The van der Waals surface area contributed by atoms with Gasteiger partial charge in [-0.2, -0.15) is 0 Å². The van der Waals surface area contributed by atoms with Crippen LogP contribution in [0.3, 0.4) is 0 Å². The van der Waals surface area contributed by atoms with Crippen LogP contribution < -0.4 is 5.56 Å². The number of nitrogens with one attached hydrogen (secondary N) is 1. The van der Waals surface area contributed by atoms with Crippen LogP contribution in [-0.4, -0.2) is 24.5 Å². The Bertz CT molecular complexity index is 890. The Morgan fingerprint density at radius 3 is 2.65 bits per heavy atom. The number of nitrogens with zero attached hydrogens (tertiary/aromatic N) is 4. The van der Waals surface area contributed by atoms with Crippen LogP contribution in [0.25, 0.3) is 0 Å². The summed E-state index contributed by atoms with van der Waals surface area (Å²) in [6, 6.07) is 3.92. The molecule has 3 heterocycles. The molecule has 0 aliphatic rings. The van der Waals surface area contributed by atoms with Gasteiger partial charge in [-0.15, -0.1) is 0 Å². The van der Waals surface area contributed by atoms with Gasteiger partial charge in [-0.05, 0) is 35.8 Å². The number of hydrogen-bond acceptors (Lipinski definition) is 5. The predicted octanol–water partition coefficient (Wildman–Crippen LogP) is 1.92. The molecule has 0 atom stereocenters. The third-order valence-corrected chi connectivity index (χ3v) is 3.79. The Hall–Kier alpha value is -2.67. The Balaban J connectivity index is 1.82. The van der Waals surface area contributed by atoms with Crippen molar-refractivity contribution in [2.75, 3.05) is 0 Å². The van der Waals surface area contributed by atoms with E-state index < -0.39 is 0 Å². The van der Waals surface area contributed by atoms with Gasteiger partial charge in [-0.1, -0.05) is 6.07 Å². The second-order valence-electron chi connectivity index (χ2n) is 5.14.